The van der Waals surface area contributed by atoms with Crippen molar-refractivity contribution in [2.24, 2.45) is 10.8 Å². The third-order valence-electron chi connectivity index (χ3n) is 23.8. The lowest BCUT2D eigenvalue weighted by molar-refractivity contribution is -0.161. The second-order valence-corrected chi connectivity index (χ2v) is 43.7. The Balaban J connectivity index is 0.000000510. The van der Waals surface area contributed by atoms with Crippen molar-refractivity contribution in [1.82, 2.24) is 19.9 Å². The van der Waals surface area contributed by atoms with Gasteiger partial charge in [0.1, 0.15) is 48.7 Å². The molecule has 4 aromatic rings. The Morgan fingerprint density at radius 3 is 1.05 bits per heavy atom. The summed E-state index contributed by atoms with van der Waals surface area (Å²) in [5.74, 6) is -1.61. The van der Waals surface area contributed by atoms with Crippen LogP contribution in [-0.2, 0) is 106 Å². The standard InChI is InChI=1S/C59H95N4O12P.C52H81N4O11P/c1-4-6-8-10-12-14-16-18-20-22-24-26-28-30-32-36-55(66)72-47-51(75-56(67)37-33-31-29-27-25-23-21-19-17-15-13-11-9-7-5-2)48-74-76(68,69)73-42-34-35-53(64)50-40-38-49(39-41-50)46-63-54(65)45-52-57(60)61-59(62-58(52)63)71-44-43-70-3;1-50(2,3)32-22-18-14-10-12-16-20-26-45(59)63-37-41(66-46(60)27-21-17-13-11-15-19-23-33-51(4,5)6)38-65-68(61,62)64-34-24-25-43(57)40-30-28-39(29-31-40)36-56-44(58)35-42-47(53)54-49(55-48(42)56)67-52(7,8)9/h18-21,38-41,51H,4-17,22-37,42-48H2,1-3H3,(H,68,69)(H2,60,61,62);22-23,28-33,41H,10-21,24-27,34-38H2,1-9H3,(H,61,62)(H2,53,54,55)/b20-18-,21-19-;32-22-,33-23-. The van der Waals surface area contributed by atoms with E-state index in [4.69, 9.17) is 62.7 Å². The quantitative estimate of drug-likeness (QED) is 0.00796. The van der Waals surface area contributed by atoms with Crippen LogP contribution in [0.25, 0.3) is 0 Å². The minimum Gasteiger partial charge on any atom is -0.462 e. The number of nitrogen functional groups attached to an aromatic ring is 2. The lowest BCUT2D eigenvalue weighted by Gasteiger charge is -2.21. The molecule has 33 heteroatoms. The van der Waals surface area contributed by atoms with Crippen LogP contribution in [0.5, 0.6) is 12.0 Å². The molecule has 0 saturated carbocycles. The molecule has 2 amide bonds. The van der Waals surface area contributed by atoms with Gasteiger partial charge in [-0.3, -0.25) is 66.3 Å². The van der Waals surface area contributed by atoms with Crippen molar-refractivity contribution in [3.05, 3.63) is 131 Å². The molecule has 2 aromatic heterocycles. The van der Waals surface area contributed by atoms with Crippen LogP contribution < -0.4 is 30.7 Å². The van der Waals surface area contributed by atoms with Crippen LogP contribution in [0, 0.1) is 10.8 Å². The number of Topliss-reactive ketones (excluding diaryl/α,β-unsaturated/α-hetero) is 2. The number of amides is 2. The van der Waals surface area contributed by atoms with E-state index in [2.05, 4.69) is 124 Å². The van der Waals surface area contributed by atoms with Crippen LogP contribution in [0.2, 0.25) is 0 Å². The molecule has 0 radical (unpaired) electrons. The van der Waals surface area contributed by atoms with E-state index in [9.17, 15) is 57.3 Å². The van der Waals surface area contributed by atoms with Gasteiger partial charge < -0.3 is 54.4 Å². The Bertz CT molecular complexity index is 4620. The van der Waals surface area contributed by atoms with E-state index in [0.29, 0.717) is 66.2 Å². The molecule has 0 fully saturated rings. The third-order valence-corrected chi connectivity index (χ3v) is 25.8. The molecule has 0 aliphatic carbocycles. The molecule has 4 unspecified atom stereocenters. The average molecular weight is 2050 g/mol. The summed E-state index contributed by atoms with van der Waals surface area (Å²) in [5.41, 5.74) is 15.4. The number of aromatic nitrogens is 4. The summed E-state index contributed by atoms with van der Waals surface area (Å²) in [4.78, 5) is 144. The van der Waals surface area contributed by atoms with Gasteiger partial charge in [-0.25, -0.2) is 9.13 Å². The smallest absolute Gasteiger partial charge is 0.462 e. The van der Waals surface area contributed by atoms with Gasteiger partial charge in [0, 0.05) is 67.9 Å². The van der Waals surface area contributed by atoms with E-state index in [1.54, 1.807) is 55.6 Å². The van der Waals surface area contributed by atoms with Crippen molar-refractivity contribution in [1.29, 1.82) is 0 Å². The number of ether oxygens (including phenoxy) is 7. The molecule has 6 rings (SSSR count). The lowest BCUT2D eigenvalue weighted by Crippen LogP contribution is -2.29. The molecule has 0 spiro atoms. The number of allylic oxidation sites excluding steroid dienone is 8. The highest BCUT2D eigenvalue weighted by Crippen LogP contribution is 2.45. The van der Waals surface area contributed by atoms with Gasteiger partial charge in [-0.1, -0.05) is 294 Å². The fraction of sp³-hybridized carbons (Fsp3) is 0.676. The van der Waals surface area contributed by atoms with Crippen molar-refractivity contribution >= 4 is 86.2 Å². The van der Waals surface area contributed by atoms with Gasteiger partial charge >= 0.3 is 51.5 Å². The van der Waals surface area contributed by atoms with Crippen LogP contribution in [0.3, 0.4) is 0 Å². The van der Waals surface area contributed by atoms with E-state index in [1.165, 1.54) is 86.8 Å². The van der Waals surface area contributed by atoms with Gasteiger partial charge in [0.2, 0.25) is 11.8 Å². The van der Waals surface area contributed by atoms with E-state index in [-0.39, 0.29) is 168 Å². The predicted molar refractivity (Wildman–Crippen MR) is 566 cm³/mol. The normalized spacial score (nSPS) is 14.1. The first-order valence-electron chi connectivity index (χ1n) is 53.4. The number of nitrogens with zero attached hydrogens (tertiary/aromatic N) is 6. The molecule has 6 N–H and O–H groups in total. The predicted octanol–water partition coefficient (Wildman–Crippen LogP) is 25.3. The van der Waals surface area contributed by atoms with Crippen molar-refractivity contribution in [3.63, 3.8) is 0 Å². The maximum atomic E-state index is 13.1. The Labute approximate surface area is 859 Å². The number of esters is 4. The number of phosphoric ester groups is 2. The molecule has 4 heterocycles. The number of fused-ring (bicyclic) bond motifs is 2. The van der Waals surface area contributed by atoms with Gasteiger partial charge in [-0.2, -0.15) is 19.9 Å². The Kier molecular flexibility index (Phi) is 62.5. The Morgan fingerprint density at radius 2 is 0.708 bits per heavy atom. The van der Waals surface area contributed by atoms with E-state index < -0.39 is 70.5 Å². The fourth-order valence-electron chi connectivity index (χ4n) is 15.8. The van der Waals surface area contributed by atoms with E-state index in [1.807, 2.05) is 20.8 Å². The molecule has 144 heavy (non-hydrogen) atoms. The highest BCUT2D eigenvalue weighted by atomic mass is 31.2. The van der Waals surface area contributed by atoms with E-state index >= 15 is 0 Å². The molecule has 808 valence electrons. The highest BCUT2D eigenvalue weighted by Gasteiger charge is 2.36. The second kappa shape index (κ2) is 71.6. The Hall–Kier alpha value is -8.90. The molecule has 2 aliphatic heterocycles. The minimum atomic E-state index is -4.65. The van der Waals surface area contributed by atoms with Crippen LogP contribution in [0.1, 0.15) is 414 Å². The number of benzene rings is 2. The summed E-state index contributed by atoms with van der Waals surface area (Å²) in [6, 6.07) is 13.7. The van der Waals surface area contributed by atoms with E-state index in [0.717, 1.165) is 152 Å². The topological polar surface area (TPSA) is 423 Å². The number of hydrogen-bond acceptors (Lipinski definition) is 27. The van der Waals surface area contributed by atoms with Crippen molar-refractivity contribution < 1.29 is 109 Å². The van der Waals surface area contributed by atoms with Crippen molar-refractivity contribution in [2.45, 2.75) is 415 Å². The summed E-state index contributed by atoms with van der Waals surface area (Å²) in [7, 11) is -7.74. The van der Waals surface area contributed by atoms with Crippen LogP contribution in [-0.4, -0.2) is 155 Å². The maximum absolute atomic E-state index is 13.1. The van der Waals surface area contributed by atoms with Gasteiger partial charge in [0.15, 0.2) is 23.8 Å². The summed E-state index contributed by atoms with van der Waals surface area (Å²) < 4.78 is 85.0. The zero-order valence-corrected chi connectivity index (χ0v) is 90.9. The number of hydrogen-bond donors (Lipinski definition) is 4. The van der Waals surface area contributed by atoms with Gasteiger partial charge in [-0.15, -0.1) is 0 Å². The van der Waals surface area contributed by atoms with Crippen LogP contribution in [0.4, 0.5) is 23.3 Å². The zero-order valence-electron chi connectivity index (χ0n) is 89.1. The number of unbranched alkanes of at least 4 members (excludes halogenated alkanes) is 32. The number of ketones is 2. The van der Waals surface area contributed by atoms with Crippen molar-refractivity contribution in [3.8, 4) is 12.0 Å². The average Bonchev–Trinajstić information content (AvgIpc) is 1.62. The van der Waals surface area contributed by atoms with Gasteiger partial charge in [0.05, 0.1) is 59.0 Å². The maximum Gasteiger partial charge on any atom is 0.472 e. The SMILES string of the molecule is CC(C)(C)/C=C\CCCCCCCC(=O)OCC(COP(=O)(O)OCCCC(=O)c1ccc(CN2C(=O)Cc3c(N)nc(OC(C)(C)C)nc32)cc1)OC(=O)CCCCCCC/C=C\C(C)(C)C.CCCCCCCC/C=C\CCCCCCCC(=O)OCC(COP(=O)(O)OCCCC(=O)c1ccc(CN2C(=O)Cc3c(N)nc(OCCOC)nc32)cc1)OC(=O)CCCCCCC/C=C\CCCCCCCC. The minimum absolute atomic E-state index is 0.0165. The number of nitrogens with two attached hydrogens (primary N) is 2. The largest absolute Gasteiger partial charge is 0.472 e. The summed E-state index contributed by atoms with van der Waals surface area (Å²) in [6.07, 6.45) is 58.0. The summed E-state index contributed by atoms with van der Waals surface area (Å²) in [6.45, 7) is 21.8. The first-order chi connectivity index (χ1) is 68.8. The molecule has 0 saturated heterocycles. The lowest BCUT2D eigenvalue weighted by atomic mass is 9.95. The zero-order chi connectivity index (χ0) is 105. The first kappa shape index (κ1) is 126. The van der Waals surface area contributed by atoms with Gasteiger partial charge in [0.25, 0.3) is 0 Å². The molecule has 2 aromatic carbocycles. The van der Waals surface area contributed by atoms with Crippen LogP contribution >= 0.6 is 15.6 Å². The number of rotatable bonds is 79. The number of anilines is 4. The summed E-state index contributed by atoms with van der Waals surface area (Å²) in [5, 5.41) is 0. The van der Waals surface area contributed by atoms with Gasteiger partial charge in [-0.05, 0) is 158 Å². The molecule has 4 atom stereocenters. The number of methoxy groups -OCH3 is 1. The summed E-state index contributed by atoms with van der Waals surface area (Å²) >= 11 is 0. The highest BCUT2D eigenvalue weighted by molar-refractivity contribution is 7.47. The molecule has 31 nitrogen and oxygen atoms in total. The first-order valence-corrected chi connectivity index (χ1v) is 56.4. The number of carbonyl (C=O) groups is 8. The second-order valence-electron chi connectivity index (χ2n) is 40.8. The Morgan fingerprint density at radius 1 is 0.389 bits per heavy atom. The monoisotopic (exact) mass is 2050 g/mol. The molecular weight excluding hydrogens is 1880 g/mol. The fourth-order valence-corrected chi connectivity index (χ4v) is 17.4. The molecule has 0 bridgehead atoms. The molecular formula is C111H176N8O23P2. The van der Waals surface area contributed by atoms with Crippen LogP contribution in [0.15, 0.2) is 97.1 Å². The van der Waals surface area contributed by atoms with Crippen molar-refractivity contribution in [2.75, 3.05) is 81.2 Å². The molecule has 2 aliphatic rings. The number of phosphoric acid groups is 2. The third kappa shape index (κ3) is 58.6. The number of carbonyl (C=O) groups excluding carboxylic acids is 8.